The molecular weight excluding hydrogens is 419 g/mol. The summed E-state index contributed by atoms with van der Waals surface area (Å²) in [5.41, 5.74) is 8.37. The summed E-state index contributed by atoms with van der Waals surface area (Å²) in [6.45, 7) is 1.89. The molecule has 0 aliphatic rings. The highest BCUT2D eigenvalue weighted by Gasteiger charge is 2.30. The number of anilines is 2. The van der Waals surface area contributed by atoms with E-state index in [0.717, 1.165) is 28.8 Å². The molecule has 0 fully saturated rings. The van der Waals surface area contributed by atoms with Crippen LogP contribution in [0.3, 0.4) is 0 Å². The molecule has 1 amide bonds. The lowest BCUT2D eigenvalue weighted by Crippen LogP contribution is -2.14. The number of carbonyl (C=O) groups is 1. The molecule has 0 spiro atoms. The second-order valence-corrected chi connectivity index (χ2v) is 7.18. The van der Waals surface area contributed by atoms with Crippen LogP contribution >= 0.6 is 0 Å². The number of hydrogen-bond acceptors (Lipinski definition) is 4. The van der Waals surface area contributed by atoms with E-state index in [1.54, 1.807) is 41.3 Å². The minimum absolute atomic E-state index is 0.0841. The quantitative estimate of drug-likeness (QED) is 0.465. The summed E-state index contributed by atoms with van der Waals surface area (Å²) in [5.74, 6) is -0.221. The molecule has 0 saturated carbocycles. The summed E-state index contributed by atoms with van der Waals surface area (Å²) in [5, 5.41) is 7.03. The number of nitrogen functional groups attached to an aromatic ring is 1. The van der Waals surface area contributed by atoms with Crippen molar-refractivity contribution in [3.63, 3.8) is 0 Å². The number of nitrogens with two attached hydrogens (primary N) is 1. The second kappa shape index (κ2) is 8.18. The smallest absolute Gasteiger partial charge is 0.384 e. The Bertz CT molecular complexity index is 1280. The van der Waals surface area contributed by atoms with Gasteiger partial charge in [-0.3, -0.25) is 4.79 Å². The van der Waals surface area contributed by atoms with Crippen LogP contribution in [0.5, 0.6) is 0 Å². The number of nitrogens with one attached hydrogen (secondary N) is 1. The molecular formula is C23H18F3N5O. The van der Waals surface area contributed by atoms with Crippen molar-refractivity contribution in [2.45, 2.75) is 13.1 Å². The molecule has 2 aromatic carbocycles. The molecule has 0 bridgehead atoms. The zero-order valence-electron chi connectivity index (χ0n) is 16.9. The maximum absolute atomic E-state index is 12.9. The van der Waals surface area contributed by atoms with E-state index in [2.05, 4.69) is 15.4 Å². The van der Waals surface area contributed by atoms with Gasteiger partial charge in [0.15, 0.2) is 0 Å². The van der Waals surface area contributed by atoms with Crippen LogP contribution in [0.4, 0.5) is 24.7 Å². The number of aromatic nitrogens is 3. The standard InChI is InChI=1S/C23H18F3N5O/c1-14-5-7-19(30-22(32)15-3-2-4-18(9-15)23(24,25)26)10-20(14)31-13-17(12-29-31)16-6-8-21(27)28-11-16/h2-13H,1H3,(H2,27,28)(H,30,32). The zero-order valence-corrected chi connectivity index (χ0v) is 16.9. The molecule has 162 valence electrons. The number of aryl methyl sites for hydroxylation is 1. The minimum atomic E-state index is -4.52. The third-order valence-electron chi connectivity index (χ3n) is 4.87. The maximum atomic E-state index is 12.9. The molecule has 3 N–H and O–H groups in total. The van der Waals surface area contributed by atoms with Crippen molar-refractivity contribution in [3.8, 4) is 16.8 Å². The molecule has 32 heavy (non-hydrogen) atoms. The van der Waals surface area contributed by atoms with E-state index >= 15 is 0 Å². The monoisotopic (exact) mass is 437 g/mol. The number of amides is 1. The lowest BCUT2D eigenvalue weighted by Gasteiger charge is -2.12. The Hall–Kier alpha value is -4.14. The van der Waals surface area contributed by atoms with Crippen LogP contribution in [0.1, 0.15) is 21.5 Å². The average Bonchev–Trinajstić information content (AvgIpc) is 3.25. The number of hydrogen-bond donors (Lipinski definition) is 2. The highest BCUT2D eigenvalue weighted by Crippen LogP contribution is 2.30. The molecule has 2 aromatic heterocycles. The fourth-order valence-corrected chi connectivity index (χ4v) is 3.15. The Morgan fingerprint density at radius 1 is 1.03 bits per heavy atom. The minimum Gasteiger partial charge on any atom is -0.384 e. The van der Waals surface area contributed by atoms with Crippen LogP contribution in [0.2, 0.25) is 0 Å². The van der Waals surface area contributed by atoms with E-state index in [-0.39, 0.29) is 5.56 Å². The van der Waals surface area contributed by atoms with E-state index in [4.69, 9.17) is 5.73 Å². The summed E-state index contributed by atoms with van der Waals surface area (Å²) in [6.07, 6.45) is 0.620. The number of benzene rings is 2. The van der Waals surface area contributed by atoms with Crippen molar-refractivity contribution in [3.05, 3.63) is 89.9 Å². The molecule has 0 aliphatic carbocycles. The van der Waals surface area contributed by atoms with Gasteiger partial charge in [-0.1, -0.05) is 12.1 Å². The topological polar surface area (TPSA) is 85.8 Å². The van der Waals surface area contributed by atoms with Gasteiger partial charge in [0, 0.05) is 34.8 Å². The summed E-state index contributed by atoms with van der Waals surface area (Å²) in [7, 11) is 0. The Balaban J connectivity index is 1.59. The summed E-state index contributed by atoms with van der Waals surface area (Å²) >= 11 is 0. The van der Waals surface area contributed by atoms with Crippen LogP contribution < -0.4 is 11.1 Å². The normalized spacial score (nSPS) is 11.4. The van der Waals surface area contributed by atoms with Gasteiger partial charge in [-0.2, -0.15) is 18.3 Å². The van der Waals surface area contributed by atoms with E-state index in [0.29, 0.717) is 17.2 Å². The van der Waals surface area contributed by atoms with Crippen molar-refractivity contribution < 1.29 is 18.0 Å². The second-order valence-electron chi connectivity index (χ2n) is 7.18. The zero-order chi connectivity index (χ0) is 22.9. The SMILES string of the molecule is Cc1ccc(NC(=O)c2cccc(C(F)(F)F)c2)cc1-n1cc(-c2ccc(N)nc2)cn1. The number of nitrogens with zero attached hydrogens (tertiary/aromatic N) is 3. The summed E-state index contributed by atoms with van der Waals surface area (Å²) in [4.78, 5) is 16.6. The van der Waals surface area contributed by atoms with Gasteiger partial charge in [-0.25, -0.2) is 9.67 Å². The lowest BCUT2D eigenvalue weighted by atomic mass is 10.1. The van der Waals surface area contributed by atoms with E-state index < -0.39 is 17.6 Å². The van der Waals surface area contributed by atoms with E-state index in [1.807, 2.05) is 19.2 Å². The van der Waals surface area contributed by atoms with Crippen LogP contribution in [0.25, 0.3) is 16.8 Å². The van der Waals surface area contributed by atoms with Gasteiger partial charge in [0.2, 0.25) is 0 Å². The van der Waals surface area contributed by atoms with Crippen molar-refractivity contribution in [1.82, 2.24) is 14.8 Å². The van der Waals surface area contributed by atoms with Gasteiger partial charge in [0.25, 0.3) is 5.91 Å². The molecule has 4 rings (SSSR count). The first-order chi connectivity index (χ1) is 15.2. The van der Waals surface area contributed by atoms with Gasteiger partial charge in [0.1, 0.15) is 5.82 Å². The highest BCUT2D eigenvalue weighted by atomic mass is 19.4. The largest absolute Gasteiger partial charge is 0.416 e. The Labute approximate surface area is 181 Å². The number of halogens is 3. The van der Waals surface area contributed by atoms with Crippen molar-refractivity contribution >= 4 is 17.4 Å². The molecule has 9 heteroatoms. The Morgan fingerprint density at radius 2 is 1.84 bits per heavy atom. The highest BCUT2D eigenvalue weighted by molar-refractivity contribution is 6.04. The van der Waals surface area contributed by atoms with Crippen molar-refractivity contribution in [1.29, 1.82) is 0 Å². The molecule has 6 nitrogen and oxygen atoms in total. The first kappa shape index (κ1) is 21.1. The molecule has 0 unspecified atom stereocenters. The van der Waals surface area contributed by atoms with Crippen molar-refractivity contribution in [2.24, 2.45) is 0 Å². The van der Waals surface area contributed by atoms with Gasteiger partial charge in [-0.15, -0.1) is 0 Å². The molecule has 0 radical (unpaired) electrons. The van der Waals surface area contributed by atoms with Crippen molar-refractivity contribution in [2.75, 3.05) is 11.1 Å². The van der Waals surface area contributed by atoms with Gasteiger partial charge in [-0.05, 0) is 55.0 Å². The summed E-state index contributed by atoms with van der Waals surface area (Å²) < 4.78 is 40.5. The van der Waals surface area contributed by atoms with Gasteiger partial charge < -0.3 is 11.1 Å². The third-order valence-corrected chi connectivity index (χ3v) is 4.87. The Morgan fingerprint density at radius 3 is 2.56 bits per heavy atom. The summed E-state index contributed by atoms with van der Waals surface area (Å²) in [6, 6.07) is 13.0. The van der Waals surface area contributed by atoms with Crippen LogP contribution in [0.15, 0.2) is 73.2 Å². The molecule has 2 heterocycles. The fraction of sp³-hybridized carbons (Fsp3) is 0.0870. The molecule has 0 atom stereocenters. The fourth-order valence-electron chi connectivity index (χ4n) is 3.15. The number of carbonyl (C=O) groups excluding carboxylic acids is 1. The maximum Gasteiger partial charge on any atom is 0.416 e. The van der Waals surface area contributed by atoms with Crippen LogP contribution in [0, 0.1) is 6.92 Å². The molecule has 0 aliphatic heterocycles. The number of pyridine rings is 1. The van der Waals surface area contributed by atoms with Crippen LogP contribution in [-0.2, 0) is 6.18 Å². The number of rotatable bonds is 4. The average molecular weight is 437 g/mol. The van der Waals surface area contributed by atoms with Gasteiger partial charge >= 0.3 is 6.18 Å². The van der Waals surface area contributed by atoms with Gasteiger partial charge in [0.05, 0.1) is 17.4 Å². The third kappa shape index (κ3) is 4.46. The molecule has 0 saturated heterocycles. The first-order valence-electron chi connectivity index (χ1n) is 9.57. The predicted octanol–water partition coefficient (Wildman–Crippen LogP) is 5.10. The van der Waals surface area contributed by atoms with E-state index in [9.17, 15) is 18.0 Å². The Kier molecular flexibility index (Phi) is 5.40. The van der Waals surface area contributed by atoms with Crippen LogP contribution in [-0.4, -0.2) is 20.7 Å². The lowest BCUT2D eigenvalue weighted by molar-refractivity contribution is -0.137. The van der Waals surface area contributed by atoms with E-state index in [1.165, 1.54) is 12.1 Å². The predicted molar refractivity (Wildman–Crippen MR) is 115 cm³/mol. The molecule has 4 aromatic rings. The number of alkyl halides is 3. The first-order valence-corrected chi connectivity index (χ1v) is 9.57.